The predicted octanol–water partition coefficient (Wildman–Crippen LogP) is 4.58. The van der Waals surface area contributed by atoms with E-state index in [-0.39, 0.29) is 5.91 Å². The van der Waals surface area contributed by atoms with Crippen LogP contribution in [-0.2, 0) is 13.1 Å². The molecule has 1 amide bonds. The van der Waals surface area contributed by atoms with Gasteiger partial charge in [-0.05, 0) is 47.5 Å². The van der Waals surface area contributed by atoms with Crippen LogP contribution in [0.2, 0.25) is 0 Å². The van der Waals surface area contributed by atoms with Gasteiger partial charge in [0.25, 0.3) is 5.91 Å². The van der Waals surface area contributed by atoms with Gasteiger partial charge in [-0.25, -0.2) is 0 Å². The molecule has 0 atom stereocenters. The summed E-state index contributed by atoms with van der Waals surface area (Å²) in [5, 5.41) is 12.9. The number of nitrogens with one attached hydrogen (secondary N) is 1. The summed E-state index contributed by atoms with van der Waals surface area (Å²) in [6, 6.07) is 25.4. The van der Waals surface area contributed by atoms with Crippen molar-refractivity contribution >= 4 is 22.5 Å². The summed E-state index contributed by atoms with van der Waals surface area (Å²) in [5.41, 5.74) is 4.49. The molecule has 0 radical (unpaired) electrons. The average Bonchev–Trinajstić information content (AvgIpc) is 3.44. The molecule has 0 unspecified atom stereocenters. The Morgan fingerprint density at radius 3 is 2.48 bits per heavy atom. The average molecular weight is 407 g/mol. The molecule has 2 heterocycles. The molecule has 0 spiro atoms. The van der Waals surface area contributed by atoms with Crippen molar-refractivity contribution in [2.75, 3.05) is 5.32 Å². The molecule has 0 bridgehead atoms. The Morgan fingerprint density at radius 1 is 0.839 bits per heavy atom. The van der Waals surface area contributed by atoms with Crippen LogP contribution in [0, 0.1) is 0 Å². The zero-order chi connectivity index (χ0) is 21.0. The lowest BCUT2D eigenvalue weighted by Crippen LogP contribution is -2.12. The summed E-state index contributed by atoms with van der Waals surface area (Å²) in [7, 11) is 0. The van der Waals surface area contributed by atoms with E-state index in [9.17, 15) is 4.79 Å². The molecule has 6 heteroatoms. The molecular weight excluding hydrogens is 386 g/mol. The third kappa shape index (κ3) is 4.38. The van der Waals surface area contributed by atoms with E-state index in [1.165, 1.54) is 0 Å². The fourth-order valence-corrected chi connectivity index (χ4v) is 3.57. The molecule has 2 aromatic heterocycles. The molecule has 31 heavy (non-hydrogen) atoms. The molecule has 0 saturated heterocycles. The Morgan fingerprint density at radius 2 is 1.68 bits per heavy atom. The number of benzene rings is 3. The minimum atomic E-state index is -0.132. The molecule has 6 nitrogen and oxygen atoms in total. The van der Waals surface area contributed by atoms with E-state index in [4.69, 9.17) is 0 Å². The first-order chi connectivity index (χ1) is 15.2. The first-order valence-electron chi connectivity index (χ1n) is 10.1. The quantitative estimate of drug-likeness (QED) is 0.448. The first-order valence-corrected chi connectivity index (χ1v) is 10.1. The maximum atomic E-state index is 12.8. The topological polar surface area (TPSA) is 64.7 Å². The lowest BCUT2D eigenvalue weighted by Gasteiger charge is -2.09. The molecule has 1 N–H and O–H groups in total. The zero-order valence-corrected chi connectivity index (χ0v) is 16.8. The molecule has 0 aliphatic carbocycles. The Hall–Kier alpha value is -4.19. The van der Waals surface area contributed by atoms with Gasteiger partial charge in [-0.2, -0.15) is 10.2 Å². The van der Waals surface area contributed by atoms with Crippen molar-refractivity contribution in [1.82, 2.24) is 19.6 Å². The highest BCUT2D eigenvalue weighted by atomic mass is 16.1. The van der Waals surface area contributed by atoms with Crippen LogP contribution >= 0.6 is 0 Å². The van der Waals surface area contributed by atoms with Crippen molar-refractivity contribution in [3.05, 3.63) is 114 Å². The Kier molecular flexibility index (Phi) is 5.02. The lowest BCUT2D eigenvalue weighted by molar-refractivity contribution is 0.102. The van der Waals surface area contributed by atoms with Crippen molar-refractivity contribution in [3.8, 4) is 0 Å². The predicted molar refractivity (Wildman–Crippen MR) is 121 cm³/mol. The largest absolute Gasteiger partial charge is 0.322 e. The SMILES string of the molecule is O=C(Nc1ccc(Cn2cccn2)cc1)c1cccc(Cn2cc3ccccc3n2)c1. The highest BCUT2D eigenvalue weighted by Crippen LogP contribution is 2.15. The number of anilines is 1. The van der Waals surface area contributed by atoms with Crippen LogP contribution in [0.1, 0.15) is 21.5 Å². The molecule has 0 aliphatic rings. The molecule has 0 fully saturated rings. The van der Waals surface area contributed by atoms with E-state index in [0.717, 1.165) is 27.7 Å². The van der Waals surface area contributed by atoms with Gasteiger partial charge in [0.1, 0.15) is 0 Å². The standard InChI is InChI=1S/C25H21N5O/c31-25(27-23-11-9-19(10-12-23)16-29-14-4-13-26-29)21-7-3-5-20(15-21)17-30-18-22-6-1-2-8-24(22)28-30/h1-15,18H,16-17H2,(H,27,31). The van der Waals surface area contributed by atoms with Gasteiger partial charge in [-0.1, -0.05) is 42.5 Å². The van der Waals surface area contributed by atoms with Crippen LogP contribution in [0.4, 0.5) is 5.69 Å². The number of amides is 1. The number of aromatic nitrogens is 4. The van der Waals surface area contributed by atoms with Gasteiger partial charge >= 0.3 is 0 Å². The van der Waals surface area contributed by atoms with Crippen LogP contribution in [0.25, 0.3) is 10.9 Å². The molecule has 0 saturated carbocycles. The minimum absolute atomic E-state index is 0.132. The van der Waals surface area contributed by atoms with Crippen molar-refractivity contribution in [3.63, 3.8) is 0 Å². The summed E-state index contributed by atoms with van der Waals surface area (Å²) in [6.45, 7) is 1.31. The first kappa shape index (κ1) is 18.8. The number of hydrogen-bond donors (Lipinski definition) is 1. The van der Waals surface area contributed by atoms with Crippen LogP contribution in [0.3, 0.4) is 0 Å². The van der Waals surface area contributed by atoms with E-state index in [1.807, 2.05) is 101 Å². The minimum Gasteiger partial charge on any atom is -0.322 e. The van der Waals surface area contributed by atoms with Gasteiger partial charge in [-0.15, -0.1) is 0 Å². The zero-order valence-electron chi connectivity index (χ0n) is 16.8. The Labute approximate surface area is 179 Å². The molecule has 5 aromatic rings. The highest BCUT2D eigenvalue weighted by molar-refractivity contribution is 6.04. The third-order valence-corrected chi connectivity index (χ3v) is 5.11. The summed E-state index contributed by atoms with van der Waals surface area (Å²) in [6.07, 6.45) is 5.71. The number of nitrogens with zero attached hydrogens (tertiary/aromatic N) is 4. The van der Waals surface area contributed by atoms with Crippen molar-refractivity contribution in [2.45, 2.75) is 13.1 Å². The third-order valence-electron chi connectivity index (χ3n) is 5.11. The smallest absolute Gasteiger partial charge is 0.255 e. The summed E-state index contributed by atoms with van der Waals surface area (Å²) in [5.74, 6) is -0.132. The number of carbonyl (C=O) groups excluding carboxylic acids is 1. The summed E-state index contributed by atoms with van der Waals surface area (Å²) >= 11 is 0. The lowest BCUT2D eigenvalue weighted by atomic mass is 10.1. The van der Waals surface area contributed by atoms with Crippen LogP contribution < -0.4 is 5.32 Å². The second-order valence-electron chi connectivity index (χ2n) is 7.44. The van der Waals surface area contributed by atoms with Crippen molar-refractivity contribution in [2.24, 2.45) is 0 Å². The van der Waals surface area contributed by atoms with Gasteiger partial charge in [-0.3, -0.25) is 14.2 Å². The second-order valence-corrected chi connectivity index (χ2v) is 7.44. The van der Waals surface area contributed by atoms with Gasteiger partial charge in [0.2, 0.25) is 0 Å². The van der Waals surface area contributed by atoms with E-state index in [0.29, 0.717) is 18.7 Å². The summed E-state index contributed by atoms with van der Waals surface area (Å²) in [4.78, 5) is 12.8. The number of fused-ring (bicyclic) bond motifs is 1. The Balaban J connectivity index is 1.26. The maximum absolute atomic E-state index is 12.8. The molecule has 5 rings (SSSR count). The van der Waals surface area contributed by atoms with E-state index >= 15 is 0 Å². The molecule has 0 aliphatic heterocycles. The van der Waals surface area contributed by atoms with Gasteiger partial charge < -0.3 is 5.32 Å². The van der Waals surface area contributed by atoms with Gasteiger partial charge in [0, 0.05) is 35.2 Å². The van der Waals surface area contributed by atoms with Crippen molar-refractivity contribution in [1.29, 1.82) is 0 Å². The summed E-state index contributed by atoms with van der Waals surface area (Å²) < 4.78 is 3.77. The highest BCUT2D eigenvalue weighted by Gasteiger charge is 2.08. The van der Waals surface area contributed by atoms with Crippen molar-refractivity contribution < 1.29 is 4.79 Å². The van der Waals surface area contributed by atoms with Gasteiger partial charge in [0.15, 0.2) is 0 Å². The molecule has 3 aromatic carbocycles. The van der Waals surface area contributed by atoms with E-state index in [1.54, 1.807) is 6.20 Å². The van der Waals surface area contributed by atoms with Crippen LogP contribution in [0.5, 0.6) is 0 Å². The van der Waals surface area contributed by atoms with E-state index in [2.05, 4.69) is 15.5 Å². The van der Waals surface area contributed by atoms with Crippen LogP contribution in [0.15, 0.2) is 97.5 Å². The number of rotatable bonds is 6. The molecular formula is C25H21N5O. The normalized spacial score (nSPS) is 11.0. The van der Waals surface area contributed by atoms with Gasteiger partial charge in [0.05, 0.1) is 18.6 Å². The molecule has 152 valence electrons. The fraction of sp³-hybridized carbons (Fsp3) is 0.0800. The maximum Gasteiger partial charge on any atom is 0.255 e. The monoisotopic (exact) mass is 407 g/mol. The Bertz CT molecular complexity index is 1290. The number of carbonyl (C=O) groups is 1. The number of hydrogen-bond acceptors (Lipinski definition) is 3. The van der Waals surface area contributed by atoms with E-state index < -0.39 is 0 Å². The van der Waals surface area contributed by atoms with Crippen LogP contribution in [-0.4, -0.2) is 25.5 Å². The fourth-order valence-electron chi connectivity index (χ4n) is 3.57. The second kappa shape index (κ2) is 8.28.